The summed E-state index contributed by atoms with van der Waals surface area (Å²) in [5, 5.41) is 27.8. The Morgan fingerprint density at radius 1 is 1.24 bits per heavy atom. The largest absolute Gasteiger partial charge is 0.383 e. The minimum Gasteiger partial charge on any atom is -0.383 e. The van der Waals surface area contributed by atoms with Crippen LogP contribution in [0, 0.1) is 6.92 Å². The highest BCUT2D eigenvalue weighted by Gasteiger charge is 2.24. The normalized spacial score (nSPS) is 15.0. The van der Waals surface area contributed by atoms with Crippen molar-refractivity contribution in [1.82, 2.24) is 25.4 Å². The molecule has 0 amide bonds. The number of aromatic nitrogens is 3. The molecule has 2 heterocycles. The van der Waals surface area contributed by atoms with Gasteiger partial charge in [0, 0.05) is 11.9 Å². The van der Waals surface area contributed by atoms with Crippen LogP contribution in [0.15, 0.2) is 52.8 Å². The molecule has 154 valence electrons. The number of thiophene rings is 1. The highest BCUT2D eigenvalue weighted by molar-refractivity contribution is 7.10. The fourth-order valence-electron chi connectivity index (χ4n) is 2.85. The number of aryl methyl sites for hydroxylation is 1. The summed E-state index contributed by atoms with van der Waals surface area (Å²) in [4.78, 5) is 5.59. The van der Waals surface area contributed by atoms with Crippen molar-refractivity contribution < 1.29 is 5.11 Å². The average molecular weight is 413 g/mol. The summed E-state index contributed by atoms with van der Waals surface area (Å²) in [5.74, 6) is 2.23. The molecule has 0 saturated heterocycles. The van der Waals surface area contributed by atoms with Crippen LogP contribution in [-0.2, 0) is 19.2 Å². The third-order valence-corrected chi connectivity index (χ3v) is 5.99. The third kappa shape index (κ3) is 5.42. The smallest absolute Gasteiger partial charge is 0.192 e. The van der Waals surface area contributed by atoms with Crippen molar-refractivity contribution in [3.05, 3.63) is 69.9 Å². The molecule has 0 saturated carbocycles. The maximum Gasteiger partial charge on any atom is 0.192 e. The van der Waals surface area contributed by atoms with Crippen LogP contribution in [0.4, 0.5) is 0 Å². The second-order valence-electron chi connectivity index (χ2n) is 7.27. The lowest BCUT2D eigenvalue weighted by Crippen LogP contribution is -2.45. The Hall–Kier alpha value is -2.71. The molecule has 0 radical (unpaired) electrons. The van der Waals surface area contributed by atoms with Crippen LogP contribution in [0.5, 0.6) is 0 Å². The number of hydrogen-bond donors (Lipinski definition) is 3. The van der Waals surface area contributed by atoms with Gasteiger partial charge in [0.05, 0.1) is 12.6 Å². The quantitative estimate of drug-likeness (QED) is 0.410. The van der Waals surface area contributed by atoms with E-state index in [1.807, 2.05) is 54.3 Å². The number of nitrogens with zero attached hydrogens (tertiary/aromatic N) is 4. The fourth-order valence-corrected chi connectivity index (χ4v) is 3.64. The molecule has 0 aliphatic heterocycles. The van der Waals surface area contributed by atoms with Gasteiger partial charge in [0.2, 0.25) is 0 Å². The molecule has 8 heteroatoms. The maximum atomic E-state index is 10.8. The maximum absolute atomic E-state index is 10.8. The molecule has 3 aromatic rings. The molecule has 2 aromatic heterocycles. The number of aliphatic imine (C=N–C) groups is 1. The Bertz CT molecular complexity index is 934. The first-order valence-corrected chi connectivity index (χ1v) is 10.5. The van der Waals surface area contributed by atoms with Gasteiger partial charge in [-0.3, -0.25) is 0 Å². The number of guanidine groups is 1. The zero-order chi connectivity index (χ0) is 20.9. The van der Waals surface area contributed by atoms with Gasteiger partial charge in [0.15, 0.2) is 11.8 Å². The lowest BCUT2D eigenvalue weighted by Gasteiger charge is -2.25. The molecule has 7 nitrogen and oxygen atoms in total. The molecule has 0 spiro atoms. The van der Waals surface area contributed by atoms with Crippen molar-refractivity contribution in [3.8, 4) is 0 Å². The summed E-state index contributed by atoms with van der Waals surface area (Å²) >= 11 is 1.54. The topological polar surface area (TPSA) is 87.4 Å². The van der Waals surface area contributed by atoms with E-state index in [1.54, 1.807) is 6.92 Å². The van der Waals surface area contributed by atoms with Gasteiger partial charge in [-0.15, -0.1) is 21.5 Å². The molecule has 0 aliphatic rings. The Morgan fingerprint density at radius 2 is 2.00 bits per heavy atom. The van der Waals surface area contributed by atoms with Crippen molar-refractivity contribution in [2.24, 2.45) is 12.0 Å². The van der Waals surface area contributed by atoms with Gasteiger partial charge in [0.1, 0.15) is 18.0 Å². The summed E-state index contributed by atoms with van der Waals surface area (Å²) in [6.07, 6.45) is 0. The number of rotatable bonds is 7. The van der Waals surface area contributed by atoms with Crippen molar-refractivity contribution in [2.45, 2.75) is 39.0 Å². The Morgan fingerprint density at radius 3 is 2.62 bits per heavy atom. The van der Waals surface area contributed by atoms with Gasteiger partial charge in [-0.25, -0.2) is 4.99 Å². The molecule has 0 bridgehead atoms. The van der Waals surface area contributed by atoms with E-state index in [4.69, 9.17) is 0 Å². The van der Waals surface area contributed by atoms with Crippen molar-refractivity contribution in [1.29, 1.82) is 0 Å². The molecule has 0 fully saturated rings. The van der Waals surface area contributed by atoms with E-state index in [-0.39, 0.29) is 6.04 Å². The first-order chi connectivity index (χ1) is 13.9. The second-order valence-corrected chi connectivity index (χ2v) is 8.22. The van der Waals surface area contributed by atoms with Crippen LogP contribution in [-0.4, -0.2) is 32.4 Å². The molecule has 0 aliphatic carbocycles. The minimum atomic E-state index is -0.992. The van der Waals surface area contributed by atoms with E-state index in [1.165, 1.54) is 11.3 Å². The monoisotopic (exact) mass is 412 g/mol. The van der Waals surface area contributed by atoms with Gasteiger partial charge < -0.3 is 20.3 Å². The van der Waals surface area contributed by atoms with Gasteiger partial charge in [-0.1, -0.05) is 36.4 Å². The summed E-state index contributed by atoms with van der Waals surface area (Å²) < 4.78 is 1.92. The third-order valence-electron chi connectivity index (χ3n) is 4.87. The van der Waals surface area contributed by atoms with Crippen LogP contribution in [0.2, 0.25) is 0 Å². The van der Waals surface area contributed by atoms with Crippen LogP contribution in [0.25, 0.3) is 0 Å². The predicted molar refractivity (Wildman–Crippen MR) is 117 cm³/mol. The van der Waals surface area contributed by atoms with Gasteiger partial charge in [0.25, 0.3) is 0 Å². The van der Waals surface area contributed by atoms with E-state index < -0.39 is 5.60 Å². The first kappa shape index (κ1) is 21.0. The minimum absolute atomic E-state index is 0.0513. The van der Waals surface area contributed by atoms with Gasteiger partial charge in [-0.2, -0.15) is 0 Å². The predicted octanol–water partition coefficient (Wildman–Crippen LogP) is 2.89. The zero-order valence-electron chi connectivity index (χ0n) is 17.3. The Kier molecular flexibility index (Phi) is 6.66. The lowest BCUT2D eigenvalue weighted by atomic mass is 10.1. The van der Waals surface area contributed by atoms with Crippen LogP contribution < -0.4 is 10.6 Å². The highest BCUT2D eigenvalue weighted by atomic mass is 32.1. The SMILES string of the molecule is Cc1nnc(CN=C(NCC(C)(O)c2cccs2)NC(C)c2ccccc2)n1C. The lowest BCUT2D eigenvalue weighted by molar-refractivity contribution is 0.0655. The summed E-state index contributed by atoms with van der Waals surface area (Å²) in [7, 11) is 1.93. The fraction of sp³-hybridized carbons (Fsp3) is 0.381. The molecule has 3 N–H and O–H groups in total. The summed E-state index contributed by atoms with van der Waals surface area (Å²) in [6.45, 7) is 6.51. The summed E-state index contributed by atoms with van der Waals surface area (Å²) in [5.41, 5.74) is 0.162. The van der Waals surface area contributed by atoms with Gasteiger partial charge in [-0.05, 0) is 37.8 Å². The van der Waals surface area contributed by atoms with E-state index in [2.05, 4.69) is 44.9 Å². The first-order valence-electron chi connectivity index (χ1n) is 9.58. The van der Waals surface area contributed by atoms with Crippen LogP contribution >= 0.6 is 11.3 Å². The molecule has 2 atom stereocenters. The molecular weight excluding hydrogens is 384 g/mol. The van der Waals surface area contributed by atoms with Crippen LogP contribution in [0.1, 0.15) is 42.0 Å². The highest BCUT2D eigenvalue weighted by Crippen LogP contribution is 2.24. The van der Waals surface area contributed by atoms with Crippen molar-refractivity contribution >= 4 is 17.3 Å². The van der Waals surface area contributed by atoms with Crippen molar-refractivity contribution in [3.63, 3.8) is 0 Å². The number of aliphatic hydroxyl groups is 1. The van der Waals surface area contributed by atoms with E-state index in [0.29, 0.717) is 19.0 Å². The standard InChI is InChI=1S/C21H28N6OS/c1-15(17-9-6-5-7-10-17)24-20(22-13-19-26-25-16(2)27(19)4)23-14-21(3,28)18-11-8-12-29-18/h5-12,15,28H,13-14H2,1-4H3,(H2,22,23,24). The van der Waals surface area contributed by atoms with Crippen LogP contribution in [0.3, 0.4) is 0 Å². The summed E-state index contributed by atoms with van der Waals surface area (Å²) in [6, 6.07) is 14.1. The van der Waals surface area contributed by atoms with E-state index in [9.17, 15) is 5.11 Å². The number of nitrogens with one attached hydrogen (secondary N) is 2. The molecule has 2 unspecified atom stereocenters. The van der Waals surface area contributed by atoms with Crippen molar-refractivity contribution in [2.75, 3.05) is 6.54 Å². The molecule has 1 aromatic carbocycles. The zero-order valence-corrected chi connectivity index (χ0v) is 18.1. The average Bonchev–Trinajstić information content (AvgIpc) is 3.37. The van der Waals surface area contributed by atoms with E-state index >= 15 is 0 Å². The molecule has 3 rings (SSSR count). The molecular formula is C21H28N6OS. The number of benzene rings is 1. The van der Waals surface area contributed by atoms with E-state index in [0.717, 1.165) is 22.1 Å². The van der Waals surface area contributed by atoms with Gasteiger partial charge >= 0.3 is 0 Å². The Balaban J connectivity index is 1.75. The second kappa shape index (κ2) is 9.19. The molecule has 29 heavy (non-hydrogen) atoms. The number of hydrogen-bond acceptors (Lipinski definition) is 5. The Labute approximate surface area is 175 Å².